The fraction of sp³-hybridized carbons (Fsp3) is 0.330. The number of ether oxygens (including phenoxy) is 5. The molecule has 0 bridgehead atoms. The van der Waals surface area contributed by atoms with Crippen LogP contribution in [0.4, 0.5) is 0 Å². The minimum Gasteiger partial charge on any atom is -0.507 e. The Bertz CT molecular complexity index is 4950. The zero-order valence-corrected chi connectivity index (χ0v) is 68.2. The largest absolute Gasteiger partial charge is 0.507 e. The number of allylic oxidation sites excluding steroid dienone is 20. The Kier molecular flexibility index (Phi) is 20.4. The Labute approximate surface area is 658 Å². The summed E-state index contributed by atoms with van der Waals surface area (Å²) in [5.41, 5.74) is 9.40. The highest BCUT2D eigenvalue weighted by molar-refractivity contribution is 6.06. The highest BCUT2D eigenvalue weighted by Crippen LogP contribution is 2.62. The van der Waals surface area contributed by atoms with Gasteiger partial charge >= 0.3 is 0 Å². The Morgan fingerprint density at radius 1 is 0.277 bits per heavy atom. The lowest BCUT2D eigenvalue weighted by Gasteiger charge is -2.47. The van der Waals surface area contributed by atoms with Gasteiger partial charge in [-0.3, -0.25) is 24.0 Å². The number of hydrogen-bond donors (Lipinski definition) is 5. The molecule has 3 unspecified atom stereocenters. The fourth-order valence-electron chi connectivity index (χ4n) is 18.9. The summed E-state index contributed by atoms with van der Waals surface area (Å²) in [7, 11) is 8.14. The first-order valence-electron chi connectivity index (χ1n) is 37.6. The molecular formula is C97H104O15. The maximum Gasteiger partial charge on any atom is 0.165 e. The number of carbonyl (C=O) groups excluding carboxylic acids is 5. The van der Waals surface area contributed by atoms with Crippen LogP contribution in [0.2, 0.25) is 0 Å². The molecule has 0 saturated heterocycles. The van der Waals surface area contributed by atoms with Gasteiger partial charge in [0.2, 0.25) is 0 Å². The summed E-state index contributed by atoms with van der Waals surface area (Å²) in [6.07, 6.45) is 18.8. The van der Waals surface area contributed by atoms with E-state index < -0.39 is 54.1 Å². The van der Waals surface area contributed by atoms with Crippen LogP contribution < -0.4 is 23.7 Å². The van der Waals surface area contributed by atoms with Crippen LogP contribution >= 0.6 is 0 Å². The maximum absolute atomic E-state index is 12.5. The minimum atomic E-state index is -0.767. The topological polar surface area (TPSA) is 233 Å². The molecule has 10 aliphatic carbocycles. The van der Waals surface area contributed by atoms with E-state index >= 15 is 0 Å². The number of rotatable bonds is 7. The van der Waals surface area contributed by atoms with Crippen LogP contribution in [-0.4, -0.2) is 90.0 Å². The molecule has 5 aromatic carbocycles. The lowest BCUT2D eigenvalue weighted by Crippen LogP contribution is -2.44. The van der Waals surface area contributed by atoms with Crippen molar-refractivity contribution in [2.45, 2.75) is 144 Å². The van der Waals surface area contributed by atoms with Gasteiger partial charge in [-0.25, -0.2) is 0 Å². The number of benzene rings is 5. The van der Waals surface area contributed by atoms with Gasteiger partial charge in [0.15, 0.2) is 28.9 Å². The van der Waals surface area contributed by atoms with Crippen LogP contribution in [0, 0.1) is 27.1 Å². The van der Waals surface area contributed by atoms with Crippen LogP contribution in [0.5, 0.6) is 28.7 Å². The molecule has 15 nitrogen and oxygen atoms in total. The zero-order valence-electron chi connectivity index (χ0n) is 68.2. The summed E-state index contributed by atoms with van der Waals surface area (Å²) in [5, 5.41) is 53.9. The van der Waals surface area contributed by atoms with Gasteiger partial charge in [0.05, 0.1) is 62.6 Å². The normalized spacial score (nSPS) is 27.3. The Hall–Kier alpha value is -11.5. The van der Waals surface area contributed by atoms with Crippen molar-refractivity contribution in [2.75, 3.05) is 35.5 Å². The lowest BCUT2D eigenvalue weighted by atomic mass is 9.55. The molecule has 0 aliphatic heterocycles. The summed E-state index contributed by atoms with van der Waals surface area (Å²) in [4.78, 5) is 62.0. The molecular weight excluding hydrogens is 1410 g/mol. The second kappa shape index (κ2) is 28.1. The smallest absolute Gasteiger partial charge is 0.165 e. The van der Waals surface area contributed by atoms with Gasteiger partial charge in [0, 0.05) is 54.9 Å². The molecule has 5 N–H and O–H groups in total. The van der Waals surface area contributed by atoms with Crippen molar-refractivity contribution < 1.29 is 73.2 Å². The zero-order chi connectivity index (χ0) is 82.8. The summed E-state index contributed by atoms with van der Waals surface area (Å²) in [6.45, 7) is 49.2. The van der Waals surface area contributed by atoms with E-state index in [1.54, 1.807) is 65.9 Å². The molecule has 0 saturated carbocycles. The first-order chi connectivity index (χ1) is 52.3. The third kappa shape index (κ3) is 12.0. The van der Waals surface area contributed by atoms with Gasteiger partial charge in [-0.15, -0.1) is 0 Å². The number of carbonyl (C=O) groups is 5. The highest BCUT2D eigenvalue weighted by atomic mass is 16.5. The molecule has 0 radical (unpaired) electrons. The van der Waals surface area contributed by atoms with Gasteiger partial charge in [0.1, 0.15) is 57.5 Å². The van der Waals surface area contributed by atoms with Crippen LogP contribution in [0.1, 0.15) is 172 Å². The van der Waals surface area contributed by atoms with Crippen LogP contribution in [0.3, 0.4) is 0 Å². The molecule has 0 spiro atoms. The maximum atomic E-state index is 12.5. The molecule has 10 aliphatic rings. The molecule has 0 heterocycles. The minimum absolute atomic E-state index is 0.00864. The van der Waals surface area contributed by atoms with Gasteiger partial charge in [-0.05, 0) is 277 Å². The van der Waals surface area contributed by atoms with Crippen LogP contribution in [-0.2, 0) is 51.0 Å². The third-order valence-corrected chi connectivity index (χ3v) is 25.9. The molecule has 0 fully saturated rings. The SMILES string of the molecule is C=C1C(O)=C2C(C)(C)C(=O)C=CC2(C)c2cc(OC)ccc21.C=C1C(O)=C2C(C)(C)C(=O)C=C[C@@]2(C)c2cc(OC)ccc21.C=C1C(O)=C2C(C)(C)C(=O)C=C[C@]2(C)c2cc(OC)ccc21.C=C1C(O)=C2C(C)(CC)C(=O)C=CC2(C)c2cc(OC)ccc21.C=C1C(O)=C2[C@](C)(CC)C(=O)C=C[C@]2(C)c2cc(OC)ccc21. The van der Waals surface area contributed by atoms with Crippen LogP contribution in [0.15, 0.2) is 241 Å². The van der Waals surface area contributed by atoms with E-state index in [1.807, 2.05) is 225 Å². The Morgan fingerprint density at radius 2 is 0.446 bits per heavy atom. The monoisotopic (exact) mass is 1510 g/mol. The average molecular weight is 1510 g/mol. The standard InChI is InChI=1S/2C20H22O3.3C19H20O3/c2*1-6-19(3)16(21)9-10-20(4)15-11-13(23-5)7-8-14(15)12(2)17(22)18(19)20;3*1-11-13-7-6-12(22-5)10-14(13)19(4)9-8-15(20)18(2,3)17(19)16(11)21/h2*7-11,22H,2,6H2,1,3-5H3;3*6-10,21H,1H2,2-5H3/t19-,20-;;2*19-;/m1.10./s1. The first kappa shape index (κ1) is 81.5. The van der Waals surface area contributed by atoms with E-state index in [0.29, 0.717) is 57.4 Å². The predicted molar refractivity (Wildman–Crippen MR) is 444 cm³/mol. The van der Waals surface area contributed by atoms with Gasteiger partial charge in [0.25, 0.3) is 0 Å². The fourth-order valence-corrected chi connectivity index (χ4v) is 18.9. The number of ketones is 5. The molecule has 582 valence electrons. The molecule has 7 atom stereocenters. The Morgan fingerprint density at radius 3 is 0.625 bits per heavy atom. The lowest BCUT2D eigenvalue weighted by molar-refractivity contribution is -0.123. The van der Waals surface area contributed by atoms with Crippen molar-refractivity contribution in [1.82, 2.24) is 0 Å². The molecule has 15 rings (SSSR count). The number of methoxy groups -OCH3 is 5. The first-order valence-corrected chi connectivity index (χ1v) is 37.6. The second-order valence-electron chi connectivity index (χ2n) is 33.3. The highest BCUT2D eigenvalue weighted by Gasteiger charge is 2.57. The molecule has 112 heavy (non-hydrogen) atoms. The van der Waals surface area contributed by atoms with E-state index in [-0.39, 0.29) is 57.7 Å². The van der Waals surface area contributed by atoms with Crippen molar-refractivity contribution in [2.24, 2.45) is 27.1 Å². The van der Waals surface area contributed by atoms with E-state index in [1.165, 1.54) is 0 Å². The van der Waals surface area contributed by atoms with Crippen molar-refractivity contribution in [1.29, 1.82) is 0 Å². The molecule has 0 amide bonds. The summed E-state index contributed by atoms with van der Waals surface area (Å²) in [6, 6.07) is 28.7. The van der Waals surface area contributed by atoms with Gasteiger partial charge in [-0.2, -0.15) is 0 Å². The second-order valence-corrected chi connectivity index (χ2v) is 33.3. The summed E-state index contributed by atoms with van der Waals surface area (Å²) < 4.78 is 26.8. The number of hydrogen-bond acceptors (Lipinski definition) is 15. The van der Waals surface area contributed by atoms with Crippen LogP contribution in [0.25, 0.3) is 27.9 Å². The van der Waals surface area contributed by atoms with Crippen molar-refractivity contribution >= 4 is 56.8 Å². The van der Waals surface area contributed by atoms with E-state index in [0.717, 1.165) is 95.5 Å². The van der Waals surface area contributed by atoms with Gasteiger partial charge < -0.3 is 49.2 Å². The summed E-state index contributed by atoms with van der Waals surface area (Å²) >= 11 is 0. The number of aliphatic hydroxyl groups is 5. The predicted octanol–water partition coefficient (Wildman–Crippen LogP) is 20.6. The molecule has 15 heteroatoms. The third-order valence-electron chi connectivity index (χ3n) is 25.9. The van der Waals surface area contributed by atoms with Crippen molar-refractivity contribution in [3.8, 4) is 28.7 Å². The van der Waals surface area contributed by atoms with E-state index in [9.17, 15) is 49.5 Å². The Balaban J connectivity index is 0.000000138. The van der Waals surface area contributed by atoms with Crippen molar-refractivity contribution in [3.63, 3.8) is 0 Å². The van der Waals surface area contributed by atoms with E-state index in [4.69, 9.17) is 23.7 Å². The number of aliphatic hydroxyl groups excluding tert-OH is 5. The molecule has 0 aromatic heterocycles. The van der Waals surface area contributed by atoms with Crippen molar-refractivity contribution in [3.05, 3.63) is 297 Å². The van der Waals surface area contributed by atoms with E-state index in [2.05, 4.69) is 32.9 Å². The molecule has 5 aromatic rings. The quantitative estimate of drug-likeness (QED) is 0.102. The average Bonchev–Trinajstić information content (AvgIpc) is 0.730. The van der Waals surface area contributed by atoms with Gasteiger partial charge in [-0.1, -0.05) is 107 Å². The summed E-state index contributed by atoms with van der Waals surface area (Å²) in [5.74, 6) is 4.44. The number of fused-ring (bicyclic) bond motifs is 15.